The third kappa shape index (κ3) is 2.92. The summed E-state index contributed by atoms with van der Waals surface area (Å²) in [6.45, 7) is 3.90. The van der Waals surface area contributed by atoms with Crippen molar-refractivity contribution in [2.45, 2.75) is 32.4 Å². The van der Waals surface area contributed by atoms with Gasteiger partial charge in [0.05, 0.1) is 12.0 Å². The van der Waals surface area contributed by atoms with Gasteiger partial charge in [-0.2, -0.15) is 0 Å². The van der Waals surface area contributed by atoms with E-state index in [1.165, 1.54) is 0 Å². The quantitative estimate of drug-likeness (QED) is 0.801. The number of carbonyl (C=O) groups excluding carboxylic acids is 1. The van der Waals surface area contributed by atoms with Crippen LogP contribution in [0, 0.1) is 12.8 Å². The van der Waals surface area contributed by atoms with Crippen molar-refractivity contribution in [1.29, 1.82) is 0 Å². The maximum atomic E-state index is 11.9. The largest absolute Gasteiger partial charge is 0.347 e. The number of aryl methyl sites for hydroxylation is 1. The van der Waals surface area contributed by atoms with Crippen molar-refractivity contribution in [2.75, 3.05) is 0 Å². The van der Waals surface area contributed by atoms with E-state index in [2.05, 4.69) is 10.3 Å². The van der Waals surface area contributed by atoms with Crippen LogP contribution in [-0.2, 0) is 4.79 Å². The fraction of sp³-hybridized carbons (Fsp3) is 0.500. The van der Waals surface area contributed by atoms with Gasteiger partial charge in [0.25, 0.3) is 0 Å². The first-order valence-corrected chi connectivity index (χ1v) is 6.60. The van der Waals surface area contributed by atoms with E-state index in [9.17, 15) is 4.79 Å². The molecule has 1 aliphatic carbocycles. The Bertz CT molecular complexity index is 441. The number of amides is 1. The molecule has 4 nitrogen and oxygen atoms in total. The summed E-state index contributed by atoms with van der Waals surface area (Å²) in [5, 5.41) is 5.91. The average Bonchev–Trinajstić information content (AvgIpc) is 2.87. The first-order valence-electron chi connectivity index (χ1n) is 5.72. The van der Waals surface area contributed by atoms with Crippen LogP contribution in [0.4, 0.5) is 0 Å². The van der Waals surface area contributed by atoms with Crippen LogP contribution in [0.1, 0.15) is 30.1 Å². The van der Waals surface area contributed by atoms with Crippen molar-refractivity contribution in [3.8, 4) is 0 Å². The van der Waals surface area contributed by atoms with E-state index in [0.717, 1.165) is 10.7 Å². The molecule has 17 heavy (non-hydrogen) atoms. The summed E-state index contributed by atoms with van der Waals surface area (Å²) in [5.74, 6) is -0.0527. The van der Waals surface area contributed by atoms with Gasteiger partial charge in [-0.25, -0.2) is 4.98 Å². The molecule has 0 fully saturated rings. The van der Waals surface area contributed by atoms with E-state index in [0.29, 0.717) is 6.42 Å². The smallest absolute Gasteiger partial charge is 0.227 e. The number of nitrogens with zero attached hydrogens (tertiary/aromatic N) is 1. The normalized spacial score (nSPS) is 24.9. The fourth-order valence-corrected chi connectivity index (χ4v) is 2.68. The number of hydrogen-bond acceptors (Lipinski definition) is 4. The molecule has 0 aromatic carbocycles. The number of thiazole rings is 1. The molecular weight excluding hydrogens is 234 g/mol. The summed E-state index contributed by atoms with van der Waals surface area (Å²) < 4.78 is 0. The third-order valence-corrected chi connectivity index (χ3v) is 3.96. The molecule has 3 unspecified atom stereocenters. The minimum Gasteiger partial charge on any atom is -0.347 e. The molecule has 1 aliphatic rings. The minimum absolute atomic E-state index is 0.0168. The van der Waals surface area contributed by atoms with Gasteiger partial charge in [0.15, 0.2) is 0 Å². The monoisotopic (exact) mass is 251 g/mol. The highest BCUT2D eigenvalue weighted by molar-refractivity contribution is 7.09. The molecular formula is C12H17N3OS. The second-order valence-electron chi connectivity index (χ2n) is 4.45. The maximum absolute atomic E-state index is 11.9. The highest BCUT2D eigenvalue weighted by Crippen LogP contribution is 2.20. The number of nitrogens with one attached hydrogen (secondary N) is 1. The predicted octanol–water partition coefficient (Wildman–Crippen LogP) is 1.53. The Morgan fingerprint density at radius 3 is 2.94 bits per heavy atom. The molecule has 0 saturated carbocycles. The van der Waals surface area contributed by atoms with Gasteiger partial charge in [-0.1, -0.05) is 12.2 Å². The number of rotatable bonds is 3. The summed E-state index contributed by atoms with van der Waals surface area (Å²) in [7, 11) is 0. The van der Waals surface area contributed by atoms with Gasteiger partial charge < -0.3 is 11.1 Å². The van der Waals surface area contributed by atoms with Crippen molar-refractivity contribution in [3.63, 3.8) is 0 Å². The average molecular weight is 251 g/mol. The lowest BCUT2D eigenvalue weighted by molar-refractivity contribution is -0.124. The Morgan fingerprint density at radius 2 is 2.41 bits per heavy atom. The SMILES string of the molecule is Cc1csc(C(C)NC(=O)C2C=CC(N)C2)n1. The van der Waals surface area contributed by atoms with Gasteiger partial charge in [0, 0.05) is 17.1 Å². The minimum atomic E-state index is -0.0893. The molecule has 1 heterocycles. The van der Waals surface area contributed by atoms with Crippen molar-refractivity contribution in [1.82, 2.24) is 10.3 Å². The Hall–Kier alpha value is -1.20. The molecule has 0 spiro atoms. The fourth-order valence-electron chi connectivity index (χ4n) is 1.87. The lowest BCUT2D eigenvalue weighted by Gasteiger charge is -2.14. The highest BCUT2D eigenvalue weighted by Gasteiger charge is 2.24. The second-order valence-corrected chi connectivity index (χ2v) is 5.34. The Balaban J connectivity index is 1.93. The zero-order valence-electron chi connectivity index (χ0n) is 10.0. The molecule has 2 rings (SSSR count). The van der Waals surface area contributed by atoms with Gasteiger partial charge >= 0.3 is 0 Å². The number of carbonyl (C=O) groups is 1. The van der Waals surface area contributed by atoms with E-state index in [4.69, 9.17) is 5.73 Å². The summed E-state index contributed by atoms with van der Waals surface area (Å²) in [6.07, 6.45) is 4.48. The molecule has 1 aromatic heterocycles. The van der Waals surface area contributed by atoms with Crippen molar-refractivity contribution in [3.05, 3.63) is 28.2 Å². The molecule has 0 aliphatic heterocycles. The predicted molar refractivity (Wildman–Crippen MR) is 68.6 cm³/mol. The van der Waals surface area contributed by atoms with E-state index in [1.807, 2.05) is 31.4 Å². The van der Waals surface area contributed by atoms with E-state index >= 15 is 0 Å². The van der Waals surface area contributed by atoms with Crippen molar-refractivity contribution < 1.29 is 4.79 Å². The lowest BCUT2D eigenvalue weighted by atomic mass is 10.1. The molecule has 3 atom stereocenters. The van der Waals surface area contributed by atoms with E-state index in [1.54, 1.807) is 11.3 Å². The van der Waals surface area contributed by atoms with Crippen LogP contribution in [0.5, 0.6) is 0 Å². The summed E-state index contributed by atoms with van der Waals surface area (Å²) in [4.78, 5) is 16.3. The molecule has 0 bridgehead atoms. The van der Waals surface area contributed by atoms with Crippen LogP contribution in [0.2, 0.25) is 0 Å². The van der Waals surface area contributed by atoms with Crippen molar-refractivity contribution >= 4 is 17.2 Å². The van der Waals surface area contributed by atoms with E-state index < -0.39 is 0 Å². The first kappa shape index (κ1) is 12.3. The standard InChI is InChI=1S/C12H17N3OS/c1-7-6-17-12(14-7)8(2)15-11(16)9-3-4-10(13)5-9/h3-4,6,8-10H,5,13H2,1-2H3,(H,15,16). The summed E-state index contributed by atoms with van der Waals surface area (Å²) in [6, 6.07) is -0.0189. The van der Waals surface area contributed by atoms with Gasteiger partial charge in [0.1, 0.15) is 5.01 Å². The van der Waals surface area contributed by atoms with Crippen LogP contribution in [0.25, 0.3) is 0 Å². The maximum Gasteiger partial charge on any atom is 0.227 e. The van der Waals surface area contributed by atoms with Gasteiger partial charge in [0.2, 0.25) is 5.91 Å². The van der Waals surface area contributed by atoms with E-state index in [-0.39, 0.29) is 23.9 Å². The molecule has 0 radical (unpaired) electrons. The van der Waals surface area contributed by atoms with Gasteiger partial charge in [-0.3, -0.25) is 4.79 Å². The zero-order valence-corrected chi connectivity index (χ0v) is 10.8. The Morgan fingerprint density at radius 1 is 1.65 bits per heavy atom. The molecule has 92 valence electrons. The van der Waals surface area contributed by atoms with Crippen LogP contribution in [0.3, 0.4) is 0 Å². The van der Waals surface area contributed by atoms with Crippen LogP contribution in [0.15, 0.2) is 17.5 Å². The molecule has 1 aromatic rings. The number of hydrogen-bond donors (Lipinski definition) is 2. The van der Waals surface area contributed by atoms with Gasteiger partial charge in [-0.05, 0) is 20.3 Å². The third-order valence-electron chi connectivity index (χ3n) is 2.82. The van der Waals surface area contributed by atoms with Crippen LogP contribution < -0.4 is 11.1 Å². The molecule has 3 N–H and O–H groups in total. The Kier molecular flexibility index (Phi) is 3.59. The molecule has 0 saturated heterocycles. The first-order chi connectivity index (χ1) is 8.06. The van der Waals surface area contributed by atoms with Crippen LogP contribution in [-0.4, -0.2) is 16.9 Å². The molecule has 5 heteroatoms. The number of aromatic nitrogens is 1. The highest BCUT2D eigenvalue weighted by atomic mass is 32.1. The lowest BCUT2D eigenvalue weighted by Crippen LogP contribution is -2.32. The van der Waals surface area contributed by atoms with Gasteiger partial charge in [-0.15, -0.1) is 11.3 Å². The van der Waals surface area contributed by atoms with Crippen molar-refractivity contribution in [2.24, 2.45) is 11.7 Å². The second kappa shape index (κ2) is 4.98. The molecule has 1 amide bonds. The zero-order chi connectivity index (χ0) is 12.4. The summed E-state index contributed by atoms with van der Waals surface area (Å²) >= 11 is 1.57. The topological polar surface area (TPSA) is 68.0 Å². The van der Waals surface area contributed by atoms with Crippen LogP contribution >= 0.6 is 11.3 Å². The number of nitrogens with two attached hydrogens (primary N) is 1. The Labute approximate surface area is 105 Å². The summed E-state index contributed by atoms with van der Waals surface area (Å²) in [5.41, 5.74) is 6.73.